The molecular formula is C16H14N4O3S. The predicted molar refractivity (Wildman–Crippen MR) is 90.0 cm³/mol. The summed E-state index contributed by atoms with van der Waals surface area (Å²) < 4.78 is 28.4. The van der Waals surface area contributed by atoms with Gasteiger partial charge in [-0.15, -0.1) is 0 Å². The van der Waals surface area contributed by atoms with Gasteiger partial charge in [-0.3, -0.25) is 14.5 Å². The van der Waals surface area contributed by atoms with Crippen LogP contribution in [0.15, 0.2) is 70.6 Å². The second-order valence-corrected chi connectivity index (χ2v) is 6.74. The molecule has 2 aromatic heterocycles. The first kappa shape index (κ1) is 15.9. The van der Waals surface area contributed by atoms with E-state index in [1.165, 1.54) is 29.2 Å². The number of rotatable bonds is 4. The molecule has 0 unspecified atom stereocenters. The Balaban J connectivity index is 1.94. The molecule has 0 spiro atoms. The van der Waals surface area contributed by atoms with E-state index in [-0.39, 0.29) is 10.5 Å². The van der Waals surface area contributed by atoms with Gasteiger partial charge >= 0.3 is 0 Å². The Labute approximate surface area is 138 Å². The van der Waals surface area contributed by atoms with Crippen molar-refractivity contribution in [3.63, 3.8) is 0 Å². The van der Waals surface area contributed by atoms with E-state index >= 15 is 0 Å². The Kier molecular flexibility index (Phi) is 4.13. The molecule has 2 heterocycles. The second-order valence-electron chi connectivity index (χ2n) is 5.06. The van der Waals surface area contributed by atoms with Gasteiger partial charge in [0.15, 0.2) is 0 Å². The van der Waals surface area contributed by atoms with E-state index in [0.29, 0.717) is 16.9 Å². The Morgan fingerprint density at radius 1 is 1.08 bits per heavy atom. The molecule has 3 aromatic rings. The van der Waals surface area contributed by atoms with Crippen LogP contribution in [0.5, 0.6) is 0 Å². The zero-order valence-electron chi connectivity index (χ0n) is 12.7. The third-order valence-electron chi connectivity index (χ3n) is 3.32. The average molecular weight is 342 g/mol. The van der Waals surface area contributed by atoms with Crippen molar-refractivity contribution in [3.8, 4) is 11.3 Å². The number of hydrogen-bond donors (Lipinski definition) is 1. The molecule has 0 radical (unpaired) electrons. The maximum atomic E-state index is 12.3. The third-order valence-corrected chi connectivity index (χ3v) is 4.68. The molecule has 0 saturated heterocycles. The molecule has 8 heteroatoms. The van der Waals surface area contributed by atoms with Gasteiger partial charge in [0, 0.05) is 36.8 Å². The van der Waals surface area contributed by atoms with Gasteiger partial charge in [-0.2, -0.15) is 5.10 Å². The lowest BCUT2D eigenvalue weighted by atomic mass is 10.1. The maximum absolute atomic E-state index is 12.3. The summed E-state index contributed by atoms with van der Waals surface area (Å²) in [5.41, 5.74) is 1.44. The topological polar surface area (TPSA) is 93.9 Å². The summed E-state index contributed by atoms with van der Waals surface area (Å²) in [6.45, 7) is 0. The Morgan fingerprint density at radius 3 is 2.62 bits per heavy atom. The van der Waals surface area contributed by atoms with Crippen LogP contribution in [-0.4, -0.2) is 23.2 Å². The van der Waals surface area contributed by atoms with E-state index in [0.717, 1.165) is 0 Å². The van der Waals surface area contributed by atoms with Crippen molar-refractivity contribution in [1.29, 1.82) is 0 Å². The Morgan fingerprint density at radius 2 is 1.92 bits per heavy atom. The van der Waals surface area contributed by atoms with Crippen LogP contribution in [-0.2, 0) is 17.1 Å². The van der Waals surface area contributed by atoms with Crippen molar-refractivity contribution >= 4 is 15.7 Å². The van der Waals surface area contributed by atoms with Crippen LogP contribution in [0.25, 0.3) is 11.3 Å². The molecule has 1 aromatic carbocycles. The van der Waals surface area contributed by atoms with Crippen molar-refractivity contribution in [2.75, 3.05) is 4.72 Å². The highest BCUT2D eigenvalue weighted by molar-refractivity contribution is 7.92. The Bertz CT molecular complexity index is 1030. The van der Waals surface area contributed by atoms with Crippen LogP contribution >= 0.6 is 0 Å². The van der Waals surface area contributed by atoms with Gasteiger partial charge in [0.2, 0.25) is 0 Å². The minimum atomic E-state index is -3.72. The summed E-state index contributed by atoms with van der Waals surface area (Å²) in [5.74, 6) is 0. The van der Waals surface area contributed by atoms with Gasteiger partial charge in [0.05, 0.1) is 5.69 Å². The highest BCUT2D eigenvalue weighted by Gasteiger charge is 2.14. The van der Waals surface area contributed by atoms with Crippen LogP contribution in [0.2, 0.25) is 0 Å². The first-order chi connectivity index (χ1) is 11.5. The number of benzene rings is 1. The van der Waals surface area contributed by atoms with Gasteiger partial charge in [-0.25, -0.2) is 13.1 Å². The van der Waals surface area contributed by atoms with Crippen molar-refractivity contribution in [1.82, 2.24) is 14.8 Å². The number of hydrogen-bond acceptors (Lipinski definition) is 5. The van der Waals surface area contributed by atoms with Gasteiger partial charge in [0.1, 0.15) is 4.90 Å². The molecule has 0 atom stereocenters. The number of aromatic nitrogens is 3. The first-order valence-corrected chi connectivity index (χ1v) is 8.52. The van der Waals surface area contributed by atoms with Gasteiger partial charge in [0.25, 0.3) is 15.6 Å². The van der Waals surface area contributed by atoms with Crippen LogP contribution in [0.4, 0.5) is 5.69 Å². The quantitative estimate of drug-likeness (QED) is 0.778. The number of aryl methyl sites for hydroxylation is 1. The van der Waals surface area contributed by atoms with Gasteiger partial charge < -0.3 is 0 Å². The van der Waals surface area contributed by atoms with Gasteiger partial charge in [-0.1, -0.05) is 12.1 Å². The van der Waals surface area contributed by atoms with Crippen LogP contribution in [0.3, 0.4) is 0 Å². The van der Waals surface area contributed by atoms with Crippen LogP contribution in [0.1, 0.15) is 0 Å². The van der Waals surface area contributed by atoms with E-state index in [9.17, 15) is 13.2 Å². The number of sulfonamides is 1. The smallest absolute Gasteiger partial charge is 0.266 e. The molecular weight excluding hydrogens is 328 g/mol. The van der Waals surface area contributed by atoms with E-state index in [4.69, 9.17) is 0 Å². The fourth-order valence-corrected chi connectivity index (χ4v) is 3.13. The summed E-state index contributed by atoms with van der Waals surface area (Å²) in [7, 11) is -2.16. The lowest BCUT2D eigenvalue weighted by Crippen LogP contribution is -2.18. The average Bonchev–Trinajstić information content (AvgIpc) is 2.58. The second kappa shape index (κ2) is 6.25. The minimum absolute atomic E-state index is 0.0793. The molecule has 122 valence electrons. The summed E-state index contributed by atoms with van der Waals surface area (Å²) in [4.78, 5) is 15.3. The SMILES string of the molecule is Cn1nc(-c2cccc(NS(=O)(=O)c3cccnc3)c2)ccc1=O. The molecule has 0 aliphatic heterocycles. The number of nitrogens with zero attached hydrogens (tertiary/aromatic N) is 3. The summed E-state index contributed by atoms with van der Waals surface area (Å²) in [6.07, 6.45) is 2.78. The fourth-order valence-electron chi connectivity index (χ4n) is 2.12. The minimum Gasteiger partial charge on any atom is -0.280 e. The number of anilines is 1. The van der Waals surface area contributed by atoms with E-state index in [1.807, 2.05) is 0 Å². The molecule has 0 fully saturated rings. The lowest BCUT2D eigenvalue weighted by molar-refractivity contribution is 0.601. The van der Waals surface area contributed by atoms with Crippen molar-refractivity contribution in [2.45, 2.75) is 4.90 Å². The zero-order chi connectivity index (χ0) is 17.2. The third kappa shape index (κ3) is 3.33. The van der Waals surface area contributed by atoms with Crippen LogP contribution < -0.4 is 10.3 Å². The Hall–Kier alpha value is -3.00. The molecule has 24 heavy (non-hydrogen) atoms. The monoisotopic (exact) mass is 342 g/mol. The molecule has 0 aliphatic rings. The highest BCUT2D eigenvalue weighted by atomic mass is 32.2. The maximum Gasteiger partial charge on any atom is 0.266 e. The van der Waals surface area contributed by atoms with Crippen molar-refractivity contribution in [2.24, 2.45) is 7.05 Å². The standard InChI is InChI=1S/C16H14N4O3S/c1-20-16(21)8-7-15(18-20)12-4-2-5-13(10-12)19-24(22,23)14-6-3-9-17-11-14/h2-11,19H,1H3. The zero-order valence-corrected chi connectivity index (χ0v) is 13.6. The molecule has 0 aliphatic carbocycles. The van der Waals surface area contributed by atoms with Crippen LogP contribution in [0, 0.1) is 0 Å². The molecule has 0 bridgehead atoms. The molecule has 7 nitrogen and oxygen atoms in total. The molecule has 0 amide bonds. The van der Waals surface area contributed by atoms with Crippen molar-refractivity contribution < 1.29 is 8.42 Å². The normalized spacial score (nSPS) is 11.2. The van der Waals surface area contributed by atoms with E-state index in [2.05, 4.69) is 14.8 Å². The van der Waals surface area contributed by atoms with Crippen molar-refractivity contribution in [3.05, 3.63) is 71.3 Å². The van der Waals surface area contributed by atoms with E-state index < -0.39 is 10.0 Å². The first-order valence-electron chi connectivity index (χ1n) is 7.03. The summed E-state index contributed by atoms with van der Waals surface area (Å²) in [6, 6.07) is 12.8. The lowest BCUT2D eigenvalue weighted by Gasteiger charge is -2.09. The molecule has 3 rings (SSSR count). The fraction of sp³-hybridized carbons (Fsp3) is 0.0625. The van der Waals surface area contributed by atoms with E-state index in [1.54, 1.807) is 43.4 Å². The largest absolute Gasteiger partial charge is 0.280 e. The molecule has 0 saturated carbocycles. The summed E-state index contributed by atoms with van der Waals surface area (Å²) in [5, 5.41) is 4.16. The molecule has 1 N–H and O–H groups in total. The number of pyridine rings is 1. The number of nitrogens with one attached hydrogen (secondary N) is 1. The highest BCUT2D eigenvalue weighted by Crippen LogP contribution is 2.22. The summed E-state index contributed by atoms with van der Waals surface area (Å²) >= 11 is 0. The van der Waals surface area contributed by atoms with Gasteiger partial charge in [-0.05, 0) is 30.3 Å². The predicted octanol–water partition coefficient (Wildman–Crippen LogP) is 1.64.